The van der Waals surface area contributed by atoms with Crippen LogP contribution in [0.15, 0.2) is 6.33 Å². The predicted molar refractivity (Wildman–Crippen MR) is 76.1 cm³/mol. The zero-order valence-electron chi connectivity index (χ0n) is 12.5. The Labute approximate surface area is 118 Å². The van der Waals surface area contributed by atoms with Gasteiger partial charge in [-0.3, -0.25) is 10.1 Å². The van der Waals surface area contributed by atoms with Crippen molar-refractivity contribution in [3.05, 3.63) is 16.4 Å². The van der Waals surface area contributed by atoms with Gasteiger partial charge in [0.15, 0.2) is 0 Å². The monoisotopic (exact) mass is 283 g/mol. The molecule has 0 bridgehead atoms. The van der Waals surface area contributed by atoms with E-state index < -0.39 is 4.92 Å². The lowest BCUT2D eigenvalue weighted by molar-refractivity contribution is -0.385. The molecule has 0 aliphatic heterocycles. The van der Waals surface area contributed by atoms with Gasteiger partial charge in [0.25, 0.3) is 5.88 Å². The summed E-state index contributed by atoms with van der Waals surface area (Å²) in [4.78, 5) is 20.3. The van der Waals surface area contributed by atoms with Gasteiger partial charge in [0.2, 0.25) is 5.82 Å². The fourth-order valence-electron chi connectivity index (χ4n) is 2.04. The Hall–Kier alpha value is -1.96. The van der Waals surface area contributed by atoms with E-state index in [2.05, 4.69) is 34.0 Å². The summed E-state index contributed by atoms with van der Waals surface area (Å²) in [5, 5.41) is 14.1. The molecular formula is C12H21N5O3. The number of nitrogens with one attached hydrogen (secondary N) is 1. The molecule has 0 spiro atoms. The zero-order valence-corrected chi connectivity index (χ0v) is 12.5. The molecule has 0 aliphatic carbocycles. The van der Waals surface area contributed by atoms with Gasteiger partial charge in [0, 0.05) is 13.1 Å². The van der Waals surface area contributed by atoms with Crippen molar-refractivity contribution in [1.82, 2.24) is 14.9 Å². The van der Waals surface area contributed by atoms with Crippen LogP contribution in [0.5, 0.6) is 5.88 Å². The first-order chi connectivity index (χ1) is 9.26. The summed E-state index contributed by atoms with van der Waals surface area (Å²) in [6.07, 6.45) is 1.24. The molecule has 1 N–H and O–H groups in total. The van der Waals surface area contributed by atoms with E-state index in [1.165, 1.54) is 13.4 Å². The van der Waals surface area contributed by atoms with E-state index >= 15 is 0 Å². The quantitative estimate of drug-likeness (QED) is 0.597. The third-order valence-corrected chi connectivity index (χ3v) is 2.64. The lowest BCUT2D eigenvalue weighted by Gasteiger charge is -2.28. The number of hydrogen-bond donors (Lipinski definition) is 1. The van der Waals surface area contributed by atoms with Crippen LogP contribution in [-0.4, -0.2) is 54.1 Å². The van der Waals surface area contributed by atoms with Crippen LogP contribution in [-0.2, 0) is 0 Å². The molecule has 0 aliphatic rings. The molecule has 0 radical (unpaired) electrons. The van der Waals surface area contributed by atoms with E-state index in [9.17, 15) is 10.1 Å². The van der Waals surface area contributed by atoms with Crippen molar-refractivity contribution in [3.8, 4) is 5.88 Å². The van der Waals surface area contributed by atoms with Crippen LogP contribution in [0.25, 0.3) is 0 Å². The Kier molecular flexibility index (Phi) is 5.20. The predicted octanol–water partition coefficient (Wildman–Crippen LogP) is 1.39. The highest BCUT2D eigenvalue weighted by Gasteiger charge is 2.26. The number of aromatic nitrogens is 2. The fourth-order valence-corrected chi connectivity index (χ4v) is 2.04. The first-order valence-corrected chi connectivity index (χ1v) is 6.19. The molecule has 0 fully saturated rings. The second kappa shape index (κ2) is 6.47. The summed E-state index contributed by atoms with van der Waals surface area (Å²) in [7, 11) is 5.31. The highest BCUT2D eigenvalue weighted by Crippen LogP contribution is 2.31. The van der Waals surface area contributed by atoms with Crippen molar-refractivity contribution in [2.75, 3.05) is 39.6 Å². The van der Waals surface area contributed by atoms with Gasteiger partial charge in [-0.15, -0.1) is 0 Å². The summed E-state index contributed by atoms with van der Waals surface area (Å²) < 4.78 is 4.90. The molecule has 1 aromatic rings. The summed E-state index contributed by atoms with van der Waals surface area (Å²) in [6, 6.07) is 0. The van der Waals surface area contributed by atoms with Crippen LogP contribution < -0.4 is 10.1 Å². The molecule has 0 atom stereocenters. The van der Waals surface area contributed by atoms with Gasteiger partial charge in [-0.25, -0.2) is 4.98 Å². The van der Waals surface area contributed by atoms with Crippen molar-refractivity contribution >= 4 is 11.5 Å². The molecule has 20 heavy (non-hydrogen) atoms. The van der Waals surface area contributed by atoms with E-state index in [0.717, 1.165) is 6.54 Å². The SMILES string of the molecule is COc1ncnc(NCC(C)(C)CN(C)C)c1[N+](=O)[O-]. The van der Waals surface area contributed by atoms with Gasteiger partial charge in [0.1, 0.15) is 6.33 Å². The molecule has 0 saturated carbocycles. The number of hydrogen-bond acceptors (Lipinski definition) is 7. The molecule has 1 aromatic heterocycles. The third kappa shape index (κ3) is 4.30. The second-order valence-corrected chi connectivity index (χ2v) is 5.59. The van der Waals surface area contributed by atoms with Crippen molar-refractivity contribution < 1.29 is 9.66 Å². The minimum Gasteiger partial charge on any atom is -0.476 e. The molecular weight excluding hydrogens is 262 g/mol. The molecule has 0 saturated heterocycles. The van der Waals surface area contributed by atoms with Crippen LogP contribution >= 0.6 is 0 Å². The molecule has 1 heterocycles. The second-order valence-electron chi connectivity index (χ2n) is 5.59. The van der Waals surface area contributed by atoms with E-state index in [-0.39, 0.29) is 22.8 Å². The Morgan fingerprint density at radius 3 is 2.60 bits per heavy atom. The molecule has 112 valence electrons. The summed E-state index contributed by atoms with van der Waals surface area (Å²) in [5.74, 6) is 0.131. The van der Waals surface area contributed by atoms with Crippen molar-refractivity contribution in [3.63, 3.8) is 0 Å². The number of anilines is 1. The topological polar surface area (TPSA) is 93.4 Å². The first kappa shape index (κ1) is 16.1. The standard InChI is InChI=1S/C12H21N5O3/c1-12(2,7-16(3)4)6-13-10-9(17(18)19)11(20-5)15-8-14-10/h8H,6-7H2,1-5H3,(H,13,14,15). The fraction of sp³-hybridized carbons (Fsp3) is 0.667. The molecule has 0 aromatic carbocycles. The van der Waals surface area contributed by atoms with Crippen molar-refractivity contribution in [2.45, 2.75) is 13.8 Å². The van der Waals surface area contributed by atoms with Gasteiger partial charge in [-0.2, -0.15) is 4.98 Å². The van der Waals surface area contributed by atoms with Gasteiger partial charge in [0.05, 0.1) is 12.0 Å². The van der Waals surface area contributed by atoms with E-state index in [1.54, 1.807) is 0 Å². The summed E-state index contributed by atoms with van der Waals surface area (Å²) in [6.45, 7) is 5.54. The van der Waals surface area contributed by atoms with Crippen LogP contribution in [0, 0.1) is 15.5 Å². The number of methoxy groups -OCH3 is 1. The first-order valence-electron chi connectivity index (χ1n) is 6.19. The van der Waals surface area contributed by atoms with Gasteiger partial charge in [-0.1, -0.05) is 13.8 Å². The van der Waals surface area contributed by atoms with Gasteiger partial charge < -0.3 is 15.0 Å². The maximum absolute atomic E-state index is 11.1. The maximum Gasteiger partial charge on any atom is 0.372 e. The zero-order chi connectivity index (χ0) is 15.3. The minimum absolute atomic E-state index is 0.0436. The number of rotatable bonds is 7. The minimum atomic E-state index is -0.542. The lowest BCUT2D eigenvalue weighted by Crippen LogP contribution is -2.34. The highest BCUT2D eigenvalue weighted by atomic mass is 16.6. The lowest BCUT2D eigenvalue weighted by atomic mass is 9.93. The van der Waals surface area contributed by atoms with Crippen LogP contribution in [0.2, 0.25) is 0 Å². The molecule has 0 amide bonds. The van der Waals surface area contributed by atoms with Crippen LogP contribution in [0.4, 0.5) is 11.5 Å². The highest BCUT2D eigenvalue weighted by molar-refractivity contribution is 5.61. The Morgan fingerprint density at radius 1 is 1.45 bits per heavy atom. The molecule has 8 heteroatoms. The Bertz CT molecular complexity index is 476. The molecule has 0 unspecified atom stereocenters. The van der Waals surface area contributed by atoms with Crippen molar-refractivity contribution in [2.24, 2.45) is 5.41 Å². The van der Waals surface area contributed by atoms with Crippen LogP contribution in [0.1, 0.15) is 13.8 Å². The maximum atomic E-state index is 11.1. The average molecular weight is 283 g/mol. The summed E-state index contributed by atoms with van der Waals surface area (Å²) in [5.41, 5.74) is -0.300. The molecule has 8 nitrogen and oxygen atoms in total. The Morgan fingerprint density at radius 2 is 2.10 bits per heavy atom. The average Bonchev–Trinajstić information content (AvgIpc) is 2.34. The number of nitro groups is 1. The smallest absolute Gasteiger partial charge is 0.372 e. The Balaban J connectivity index is 2.90. The number of ether oxygens (including phenoxy) is 1. The summed E-state index contributed by atoms with van der Waals surface area (Å²) >= 11 is 0. The largest absolute Gasteiger partial charge is 0.476 e. The van der Waals surface area contributed by atoms with E-state index in [0.29, 0.717) is 6.54 Å². The van der Waals surface area contributed by atoms with Gasteiger partial charge in [-0.05, 0) is 19.5 Å². The van der Waals surface area contributed by atoms with E-state index in [1.807, 2.05) is 14.1 Å². The number of nitrogens with zero attached hydrogens (tertiary/aromatic N) is 4. The molecule has 1 rings (SSSR count). The van der Waals surface area contributed by atoms with E-state index in [4.69, 9.17) is 4.74 Å². The van der Waals surface area contributed by atoms with Gasteiger partial charge >= 0.3 is 5.69 Å². The third-order valence-electron chi connectivity index (χ3n) is 2.64. The van der Waals surface area contributed by atoms with Crippen molar-refractivity contribution in [1.29, 1.82) is 0 Å². The van der Waals surface area contributed by atoms with Crippen LogP contribution in [0.3, 0.4) is 0 Å². The normalized spacial score (nSPS) is 11.5.